The van der Waals surface area contributed by atoms with Crippen LogP contribution in [0.3, 0.4) is 0 Å². The van der Waals surface area contributed by atoms with Crippen LogP contribution in [0.25, 0.3) is 5.13 Å². The number of thiazole rings is 1. The number of hydrogen-bond acceptors (Lipinski definition) is 6. The molecule has 1 N–H and O–H groups in total. The third-order valence-electron chi connectivity index (χ3n) is 4.13. The molecule has 0 unspecified atom stereocenters. The minimum Gasteiger partial charge on any atom is -0.467 e. The van der Waals surface area contributed by atoms with Crippen LogP contribution in [0.4, 0.5) is 0 Å². The first-order chi connectivity index (χ1) is 12.6. The predicted molar refractivity (Wildman–Crippen MR) is 108 cm³/mol. The standard InChI is InChI=1S/C18H19N5OS2/c1-11-9-26-18(20-11)23-12(2)7-15(13(23)3)16-10-25-17(22-21-16)19-8-14-5-4-6-24-14/h4-7,9H,8,10H2,1-3H3,(H,19,22). The van der Waals surface area contributed by atoms with Crippen molar-refractivity contribution in [3.63, 3.8) is 0 Å². The van der Waals surface area contributed by atoms with E-state index in [1.165, 1.54) is 0 Å². The van der Waals surface area contributed by atoms with Crippen molar-refractivity contribution in [2.45, 2.75) is 27.3 Å². The number of hydrogen-bond donors (Lipinski definition) is 1. The minimum absolute atomic E-state index is 0.519. The van der Waals surface area contributed by atoms with Gasteiger partial charge in [0.15, 0.2) is 10.3 Å². The first kappa shape index (κ1) is 17.1. The van der Waals surface area contributed by atoms with Crippen LogP contribution >= 0.6 is 23.1 Å². The molecule has 134 valence electrons. The average molecular weight is 386 g/mol. The lowest BCUT2D eigenvalue weighted by atomic mass is 10.1. The fraction of sp³-hybridized carbons (Fsp3) is 0.278. The van der Waals surface area contributed by atoms with Crippen molar-refractivity contribution in [2.75, 3.05) is 5.75 Å². The Balaban J connectivity index is 1.54. The molecule has 0 saturated heterocycles. The highest BCUT2D eigenvalue weighted by Gasteiger charge is 2.20. The number of rotatable bonds is 4. The van der Waals surface area contributed by atoms with E-state index in [-0.39, 0.29) is 0 Å². The summed E-state index contributed by atoms with van der Waals surface area (Å²) in [5.41, 5.74) is 8.62. The summed E-state index contributed by atoms with van der Waals surface area (Å²) in [5, 5.41) is 8.44. The van der Waals surface area contributed by atoms with Gasteiger partial charge in [0.05, 0.1) is 24.2 Å². The van der Waals surface area contributed by atoms with Crippen LogP contribution in [0.2, 0.25) is 0 Å². The van der Waals surface area contributed by atoms with Gasteiger partial charge in [0.25, 0.3) is 0 Å². The van der Waals surface area contributed by atoms with Crippen LogP contribution in [-0.4, -0.2) is 26.2 Å². The van der Waals surface area contributed by atoms with Gasteiger partial charge in [0.2, 0.25) is 0 Å². The molecule has 4 rings (SSSR count). The molecule has 8 heteroatoms. The average Bonchev–Trinajstić information content (AvgIpc) is 3.35. The van der Waals surface area contributed by atoms with Crippen LogP contribution in [0.1, 0.15) is 28.4 Å². The smallest absolute Gasteiger partial charge is 0.194 e. The van der Waals surface area contributed by atoms with E-state index in [0.717, 1.165) is 50.2 Å². The number of aromatic nitrogens is 2. The van der Waals surface area contributed by atoms with E-state index in [0.29, 0.717) is 6.54 Å². The number of hydrazone groups is 1. The van der Waals surface area contributed by atoms with Gasteiger partial charge in [-0.15, -0.1) is 11.3 Å². The van der Waals surface area contributed by atoms with Crippen molar-refractivity contribution in [2.24, 2.45) is 10.1 Å². The van der Waals surface area contributed by atoms with E-state index in [2.05, 4.69) is 50.4 Å². The van der Waals surface area contributed by atoms with Crippen LogP contribution in [0.15, 0.2) is 44.4 Å². The number of thioether (sulfide) groups is 1. The molecule has 1 aliphatic rings. The summed E-state index contributed by atoms with van der Waals surface area (Å²) in [6.45, 7) is 6.76. The van der Waals surface area contributed by atoms with Gasteiger partial charge in [0.1, 0.15) is 5.76 Å². The molecule has 0 aliphatic carbocycles. The monoisotopic (exact) mass is 385 g/mol. The second-order valence-electron chi connectivity index (χ2n) is 6.05. The van der Waals surface area contributed by atoms with Gasteiger partial charge in [0, 0.05) is 28.1 Å². The summed E-state index contributed by atoms with van der Waals surface area (Å²) < 4.78 is 7.50. The van der Waals surface area contributed by atoms with Crippen molar-refractivity contribution in [1.82, 2.24) is 15.0 Å². The van der Waals surface area contributed by atoms with E-state index in [9.17, 15) is 0 Å². The number of furan rings is 1. The van der Waals surface area contributed by atoms with Crippen LogP contribution in [0.5, 0.6) is 0 Å². The summed E-state index contributed by atoms with van der Waals surface area (Å²) in [5.74, 6) is 1.63. The predicted octanol–water partition coefficient (Wildman–Crippen LogP) is 4.05. The van der Waals surface area contributed by atoms with Crippen LogP contribution in [0, 0.1) is 20.8 Å². The molecular weight excluding hydrogens is 366 g/mol. The minimum atomic E-state index is 0.519. The molecule has 0 bridgehead atoms. The fourth-order valence-corrected chi connectivity index (χ4v) is 4.55. The molecule has 0 atom stereocenters. The Labute approximate surface area is 160 Å². The van der Waals surface area contributed by atoms with Crippen molar-refractivity contribution in [1.29, 1.82) is 0 Å². The summed E-state index contributed by atoms with van der Waals surface area (Å²) in [4.78, 5) is 9.12. The molecular formula is C18H19N5OS2. The Morgan fingerprint density at radius 1 is 1.35 bits per heavy atom. The molecule has 0 aromatic carbocycles. The Kier molecular flexibility index (Phi) is 4.69. The van der Waals surface area contributed by atoms with Gasteiger partial charge in [-0.3, -0.25) is 15.0 Å². The third-order valence-corrected chi connectivity index (χ3v) is 5.99. The van der Waals surface area contributed by atoms with E-state index in [1.807, 2.05) is 19.1 Å². The van der Waals surface area contributed by atoms with Gasteiger partial charge >= 0.3 is 0 Å². The van der Waals surface area contributed by atoms with E-state index >= 15 is 0 Å². The fourth-order valence-electron chi connectivity index (χ4n) is 2.88. The quantitative estimate of drug-likeness (QED) is 0.736. The zero-order valence-corrected chi connectivity index (χ0v) is 16.4. The lowest BCUT2D eigenvalue weighted by Gasteiger charge is -2.15. The van der Waals surface area contributed by atoms with Crippen molar-refractivity contribution in [3.8, 4) is 5.13 Å². The summed E-state index contributed by atoms with van der Waals surface area (Å²) >= 11 is 3.32. The molecule has 0 spiro atoms. The number of amidine groups is 1. The maximum Gasteiger partial charge on any atom is 0.194 e. The first-order valence-corrected chi connectivity index (χ1v) is 10.1. The summed E-state index contributed by atoms with van der Waals surface area (Å²) in [6.07, 6.45) is 1.66. The van der Waals surface area contributed by atoms with Gasteiger partial charge < -0.3 is 4.42 Å². The molecule has 4 heterocycles. The summed E-state index contributed by atoms with van der Waals surface area (Å²) in [6, 6.07) is 5.96. The third kappa shape index (κ3) is 3.34. The maximum atomic E-state index is 5.30. The number of nitrogens with zero attached hydrogens (tertiary/aromatic N) is 4. The molecule has 3 aromatic heterocycles. The Hall–Kier alpha value is -2.32. The Morgan fingerprint density at radius 2 is 2.23 bits per heavy atom. The number of aliphatic imine (C=N–C) groups is 1. The zero-order chi connectivity index (χ0) is 18.1. The molecule has 0 radical (unpaired) electrons. The number of nitrogens with one attached hydrogen (secondary N) is 1. The topological polar surface area (TPSA) is 67.7 Å². The molecule has 0 saturated carbocycles. The van der Waals surface area contributed by atoms with Crippen molar-refractivity contribution in [3.05, 3.63) is 58.2 Å². The summed E-state index contributed by atoms with van der Waals surface area (Å²) in [7, 11) is 0. The van der Waals surface area contributed by atoms with Crippen LogP contribution in [-0.2, 0) is 6.54 Å². The highest BCUT2D eigenvalue weighted by Crippen LogP contribution is 2.25. The zero-order valence-electron chi connectivity index (χ0n) is 14.8. The van der Waals surface area contributed by atoms with Crippen molar-refractivity contribution >= 4 is 34.0 Å². The molecule has 3 aromatic rings. The number of aryl methyl sites for hydroxylation is 2. The lowest BCUT2D eigenvalue weighted by Crippen LogP contribution is -2.25. The first-order valence-electron chi connectivity index (χ1n) is 8.26. The normalized spacial score (nSPS) is 16.0. The van der Waals surface area contributed by atoms with E-state index in [1.54, 1.807) is 29.4 Å². The van der Waals surface area contributed by atoms with Gasteiger partial charge in [-0.05, 0) is 39.0 Å². The second kappa shape index (κ2) is 7.13. The SMILES string of the molecule is Cc1csc(-n2c(C)cc(C3=NNC(=NCc4ccco4)SC3)c2C)n1. The van der Waals surface area contributed by atoms with Crippen molar-refractivity contribution < 1.29 is 4.42 Å². The lowest BCUT2D eigenvalue weighted by molar-refractivity contribution is 0.512. The highest BCUT2D eigenvalue weighted by atomic mass is 32.2. The van der Waals surface area contributed by atoms with Gasteiger partial charge in [-0.25, -0.2) is 4.98 Å². The Morgan fingerprint density at radius 3 is 2.88 bits per heavy atom. The van der Waals surface area contributed by atoms with Gasteiger partial charge in [-0.2, -0.15) is 5.10 Å². The molecule has 6 nitrogen and oxygen atoms in total. The second-order valence-corrected chi connectivity index (χ2v) is 7.85. The highest BCUT2D eigenvalue weighted by molar-refractivity contribution is 8.14. The molecule has 0 fully saturated rings. The maximum absolute atomic E-state index is 5.30. The van der Waals surface area contributed by atoms with E-state index < -0.39 is 0 Å². The van der Waals surface area contributed by atoms with Gasteiger partial charge in [-0.1, -0.05) is 11.8 Å². The largest absolute Gasteiger partial charge is 0.467 e. The van der Waals surface area contributed by atoms with E-state index in [4.69, 9.17) is 4.42 Å². The molecule has 0 amide bonds. The molecule has 26 heavy (non-hydrogen) atoms. The molecule has 1 aliphatic heterocycles. The Bertz CT molecular complexity index is 982. The van der Waals surface area contributed by atoms with Crippen LogP contribution < -0.4 is 5.43 Å².